The first-order chi connectivity index (χ1) is 10.0. The molecule has 5 heteroatoms. The largest absolute Gasteiger partial charge is 0.550 e. The van der Waals surface area contributed by atoms with Gasteiger partial charge in [-0.05, 0) is 42.0 Å². The zero-order valence-electron chi connectivity index (χ0n) is 11.4. The highest BCUT2D eigenvalue weighted by atomic mass is 35.5. The van der Waals surface area contributed by atoms with Crippen LogP contribution in [-0.4, -0.2) is 5.97 Å². The van der Waals surface area contributed by atoms with E-state index in [1.165, 1.54) is 0 Å². The van der Waals surface area contributed by atoms with Gasteiger partial charge in [0.25, 0.3) is 0 Å². The monoisotopic (exact) mass is 305 g/mol. The molecule has 0 bridgehead atoms. The minimum Gasteiger partial charge on any atom is -0.550 e. The molecule has 0 aromatic heterocycles. The van der Waals surface area contributed by atoms with Gasteiger partial charge in [-0.2, -0.15) is 0 Å². The molecule has 0 aliphatic rings. The summed E-state index contributed by atoms with van der Waals surface area (Å²) in [6.07, 6.45) is -0.0923. The van der Waals surface area contributed by atoms with Crippen LogP contribution >= 0.6 is 11.6 Å². The van der Waals surface area contributed by atoms with E-state index in [2.05, 4.69) is 5.73 Å². The van der Waals surface area contributed by atoms with Crippen molar-refractivity contribution >= 4 is 17.6 Å². The lowest BCUT2D eigenvalue weighted by Crippen LogP contribution is -2.55. The van der Waals surface area contributed by atoms with Crippen LogP contribution in [0.4, 0.5) is 0 Å². The number of carboxylic acids is 1. The molecule has 4 nitrogen and oxygen atoms in total. The summed E-state index contributed by atoms with van der Waals surface area (Å²) in [6, 6.07) is 14.4. The molecule has 0 saturated carbocycles. The van der Waals surface area contributed by atoms with Gasteiger partial charge in [0.1, 0.15) is 18.4 Å². The molecule has 0 saturated heterocycles. The average molecular weight is 306 g/mol. The predicted octanol–water partition coefficient (Wildman–Crippen LogP) is 1.34. The summed E-state index contributed by atoms with van der Waals surface area (Å²) in [5.41, 5.74) is 5.67. The summed E-state index contributed by atoms with van der Waals surface area (Å²) in [5, 5.41) is 11.2. The van der Waals surface area contributed by atoms with Gasteiger partial charge in [0.05, 0.1) is 0 Å². The third-order valence-corrected chi connectivity index (χ3v) is 3.34. The summed E-state index contributed by atoms with van der Waals surface area (Å²) in [6.45, 7) is 0.448. The number of hydrogen-bond acceptors (Lipinski definition) is 3. The molecule has 0 aliphatic heterocycles. The van der Waals surface area contributed by atoms with Crippen molar-refractivity contribution in [1.29, 1.82) is 0 Å². The van der Waals surface area contributed by atoms with Crippen molar-refractivity contribution in [2.75, 3.05) is 0 Å². The molecule has 0 aliphatic carbocycles. The van der Waals surface area contributed by atoms with Crippen LogP contribution in [-0.2, 0) is 11.4 Å². The van der Waals surface area contributed by atoms with E-state index in [1.54, 1.807) is 12.1 Å². The topological polar surface area (TPSA) is 77.0 Å². The van der Waals surface area contributed by atoms with Crippen LogP contribution in [0.3, 0.4) is 0 Å². The number of halogens is 1. The van der Waals surface area contributed by atoms with E-state index in [0.29, 0.717) is 17.4 Å². The molecule has 0 spiro atoms. The fraction of sp³-hybridized carbons (Fsp3) is 0.188. The smallest absolute Gasteiger partial charge is 0.119 e. The van der Waals surface area contributed by atoms with Crippen LogP contribution in [0, 0.1) is 0 Å². The number of carbonyl (C=O) groups is 1. The molecule has 0 unspecified atom stereocenters. The lowest BCUT2D eigenvalue weighted by molar-refractivity contribution is -0.430. The van der Waals surface area contributed by atoms with Crippen molar-refractivity contribution in [2.24, 2.45) is 0 Å². The maximum absolute atomic E-state index is 10.5. The summed E-state index contributed by atoms with van der Waals surface area (Å²) in [5.74, 6) is -0.382. The van der Waals surface area contributed by atoms with Crippen molar-refractivity contribution in [3.05, 3.63) is 64.7 Å². The second kappa shape index (κ2) is 7.11. The van der Waals surface area contributed by atoms with E-state index < -0.39 is 5.97 Å². The van der Waals surface area contributed by atoms with E-state index >= 15 is 0 Å². The van der Waals surface area contributed by atoms with Gasteiger partial charge in [-0.3, -0.25) is 0 Å². The van der Waals surface area contributed by atoms with E-state index in [-0.39, 0.29) is 12.5 Å². The molecular weight excluding hydrogens is 290 g/mol. The van der Waals surface area contributed by atoms with Crippen molar-refractivity contribution in [3.8, 4) is 5.75 Å². The van der Waals surface area contributed by atoms with Crippen LogP contribution in [0.25, 0.3) is 0 Å². The minimum atomic E-state index is -1.10. The number of rotatable bonds is 6. The lowest BCUT2D eigenvalue weighted by Gasteiger charge is -2.11. The first-order valence-electron chi connectivity index (χ1n) is 6.55. The number of ether oxygens (including phenoxy) is 1. The minimum absolute atomic E-state index is 0.0923. The Kier molecular flexibility index (Phi) is 5.20. The fourth-order valence-corrected chi connectivity index (χ4v) is 2.03. The number of carbonyl (C=O) groups excluding carboxylic acids is 1. The maximum Gasteiger partial charge on any atom is 0.119 e. The molecular formula is C16H16ClNO3. The Labute approximate surface area is 128 Å². The summed E-state index contributed by atoms with van der Waals surface area (Å²) in [7, 11) is 0. The number of hydrogen-bond donors (Lipinski definition) is 1. The zero-order chi connectivity index (χ0) is 15.2. The second-order valence-electron chi connectivity index (χ2n) is 4.76. The first-order valence-corrected chi connectivity index (χ1v) is 6.92. The fourth-order valence-electron chi connectivity index (χ4n) is 1.90. The van der Waals surface area contributed by atoms with Crippen LogP contribution < -0.4 is 15.6 Å². The second-order valence-corrected chi connectivity index (χ2v) is 5.19. The molecule has 1 atom stereocenters. The van der Waals surface area contributed by atoms with Gasteiger partial charge in [0.2, 0.25) is 0 Å². The van der Waals surface area contributed by atoms with Crippen molar-refractivity contribution in [1.82, 2.24) is 0 Å². The van der Waals surface area contributed by atoms with Gasteiger partial charge in [0.15, 0.2) is 0 Å². The normalized spacial score (nSPS) is 11.9. The van der Waals surface area contributed by atoms with Crippen LogP contribution in [0.5, 0.6) is 5.75 Å². The summed E-state index contributed by atoms with van der Waals surface area (Å²) in [4.78, 5) is 10.5. The van der Waals surface area contributed by atoms with Gasteiger partial charge < -0.3 is 20.4 Å². The van der Waals surface area contributed by atoms with Crippen molar-refractivity contribution < 1.29 is 20.4 Å². The molecule has 0 radical (unpaired) electrons. The highest BCUT2D eigenvalue weighted by Crippen LogP contribution is 2.18. The number of benzene rings is 2. The Hall–Kier alpha value is -2.04. The Balaban J connectivity index is 1.93. The lowest BCUT2D eigenvalue weighted by atomic mass is 10.0. The highest BCUT2D eigenvalue weighted by Gasteiger charge is 2.09. The Morgan fingerprint density at radius 3 is 2.33 bits per heavy atom. The van der Waals surface area contributed by atoms with E-state index in [9.17, 15) is 9.90 Å². The molecule has 110 valence electrons. The summed E-state index contributed by atoms with van der Waals surface area (Å²) < 4.78 is 5.66. The first kappa shape index (κ1) is 15.4. The van der Waals surface area contributed by atoms with Crippen LogP contribution in [0.2, 0.25) is 5.02 Å². The Bertz CT molecular complexity index is 596. The molecule has 0 heterocycles. The third-order valence-electron chi connectivity index (χ3n) is 3.08. The molecule has 2 rings (SSSR count). The molecule has 2 aromatic rings. The number of aliphatic carboxylic acids is 1. The van der Waals surface area contributed by atoms with Gasteiger partial charge in [-0.15, -0.1) is 0 Å². The molecule has 0 amide bonds. The SMILES string of the molecule is [NH3+][C@H](CC(=O)[O-])c1ccc(OCc2ccc(Cl)cc2)cc1. The number of quaternary nitrogens is 1. The van der Waals surface area contributed by atoms with Gasteiger partial charge >= 0.3 is 0 Å². The van der Waals surface area contributed by atoms with E-state index in [4.69, 9.17) is 16.3 Å². The van der Waals surface area contributed by atoms with Crippen LogP contribution in [0.1, 0.15) is 23.6 Å². The number of carboxylic acid groups (broad SMARTS) is 1. The van der Waals surface area contributed by atoms with Gasteiger partial charge in [-0.1, -0.05) is 23.7 Å². The average Bonchev–Trinajstić information content (AvgIpc) is 2.46. The predicted molar refractivity (Wildman–Crippen MR) is 77.5 cm³/mol. The van der Waals surface area contributed by atoms with Crippen LogP contribution in [0.15, 0.2) is 48.5 Å². The molecule has 3 N–H and O–H groups in total. The summed E-state index contributed by atoms with van der Waals surface area (Å²) >= 11 is 5.82. The van der Waals surface area contributed by atoms with Crippen molar-refractivity contribution in [2.45, 2.75) is 19.1 Å². The molecule has 0 fully saturated rings. The standard InChI is InChI=1S/C16H16ClNO3/c17-13-5-1-11(2-6-13)10-21-14-7-3-12(4-8-14)15(18)9-16(19)20/h1-8,15H,9-10,18H2,(H,19,20)/t15-/m1/s1. The highest BCUT2D eigenvalue weighted by molar-refractivity contribution is 6.30. The Morgan fingerprint density at radius 1 is 1.14 bits per heavy atom. The van der Waals surface area contributed by atoms with E-state index in [0.717, 1.165) is 11.1 Å². The Morgan fingerprint density at radius 2 is 1.76 bits per heavy atom. The van der Waals surface area contributed by atoms with Gasteiger partial charge in [-0.25, -0.2) is 0 Å². The third kappa shape index (κ3) is 4.77. The van der Waals surface area contributed by atoms with E-state index in [1.807, 2.05) is 36.4 Å². The maximum atomic E-state index is 10.5. The zero-order valence-corrected chi connectivity index (χ0v) is 12.2. The quantitative estimate of drug-likeness (QED) is 0.875. The molecule has 21 heavy (non-hydrogen) atoms. The van der Waals surface area contributed by atoms with Gasteiger partial charge in [0, 0.05) is 23.0 Å². The molecule has 2 aromatic carbocycles. The van der Waals surface area contributed by atoms with Crippen molar-refractivity contribution in [3.63, 3.8) is 0 Å².